The molecule has 2 atom stereocenters. The molecule has 6 nitrogen and oxygen atoms in total. The standard InChI is InChI=1S/C26H29N3O3/c30-23-15-24(31)29(16-18-8-2-1-3-9-18)25(26(32)27-21-12-6-7-13-21)22-14-19-10-4-5-11-20(19)17-28(22)23/h1-5,8-11,21-22,25H,6-7,12-17H2,(H,27,32). The number of nitrogens with zero attached hydrogens (tertiary/aromatic N) is 2. The van der Waals surface area contributed by atoms with Gasteiger partial charge in [-0.3, -0.25) is 14.4 Å². The number of benzene rings is 2. The third kappa shape index (κ3) is 4.01. The minimum absolute atomic E-state index is 0.134. The molecule has 2 heterocycles. The van der Waals surface area contributed by atoms with Crippen LogP contribution >= 0.6 is 0 Å². The zero-order valence-corrected chi connectivity index (χ0v) is 18.2. The van der Waals surface area contributed by atoms with Gasteiger partial charge in [0, 0.05) is 19.1 Å². The quantitative estimate of drug-likeness (QED) is 0.757. The highest BCUT2D eigenvalue weighted by Crippen LogP contribution is 2.31. The Morgan fingerprint density at radius 1 is 0.906 bits per heavy atom. The van der Waals surface area contributed by atoms with Gasteiger partial charge in [0.2, 0.25) is 17.7 Å². The molecule has 1 N–H and O–H groups in total. The van der Waals surface area contributed by atoms with E-state index in [0.29, 0.717) is 19.5 Å². The normalized spacial score (nSPS) is 23.5. The van der Waals surface area contributed by atoms with Gasteiger partial charge in [-0.25, -0.2) is 0 Å². The third-order valence-corrected chi connectivity index (χ3v) is 7.10. The van der Waals surface area contributed by atoms with Gasteiger partial charge in [0.15, 0.2) is 0 Å². The minimum Gasteiger partial charge on any atom is -0.352 e. The largest absolute Gasteiger partial charge is 0.352 e. The maximum atomic E-state index is 13.7. The van der Waals surface area contributed by atoms with E-state index in [1.54, 1.807) is 9.80 Å². The molecule has 0 radical (unpaired) electrons. The number of amides is 3. The van der Waals surface area contributed by atoms with Gasteiger partial charge in [-0.2, -0.15) is 0 Å². The van der Waals surface area contributed by atoms with E-state index in [9.17, 15) is 14.4 Å². The summed E-state index contributed by atoms with van der Waals surface area (Å²) < 4.78 is 0. The average molecular weight is 432 g/mol. The highest BCUT2D eigenvalue weighted by Gasteiger charge is 2.47. The summed E-state index contributed by atoms with van der Waals surface area (Å²) in [5.74, 6) is -0.599. The Morgan fingerprint density at radius 3 is 2.34 bits per heavy atom. The van der Waals surface area contributed by atoms with Crippen molar-refractivity contribution in [1.29, 1.82) is 0 Å². The first kappa shape index (κ1) is 20.7. The first-order valence-corrected chi connectivity index (χ1v) is 11.6. The molecule has 32 heavy (non-hydrogen) atoms. The van der Waals surface area contributed by atoms with Gasteiger partial charge in [-0.1, -0.05) is 67.4 Å². The first-order valence-electron chi connectivity index (χ1n) is 11.6. The van der Waals surface area contributed by atoms with Crippen LogP contribution < -0.4 is 5.32 Å². The maximum absolute atomic E-state index is 13.7. The minimum atomic E-state index is -0.705. The number of rotatable bonds is 4. The second-order valence-corrected chi connectivity index (χ2v) is 9.18. The van der Waals surface area contributed by atoms with Gasteiger partial charge < -0.3 is 15.1 Å². The molecule has 3 aliphatic rings. The van der Waals surface area contributed by atoms with Crippen LogP contribution in [0, 0.1) is 0 Å². The van der Waals surface area contributed by atoms with Crippen molar-refractivity contribution < 1.29 is 14.4 Å². The van der Waals surface area contributed by atoms with Crippen molar-refractivity contribution in [2.24, 2.45) is 0 Å². The highest BCUT2D eigenvalue weighted by molar-refractivity contribution is 6.01. The van der Waals surface area contributed by atoms with Crippen molar-refractivity contribution in [2.75, 3.05) is 0 Å². The lowest BCUT2D eigenvalue weighted by Gasteiger charge is -2.42. The number of carbonyl (C=O) groups is 3. The zero-order chi connectivity index (χ0) is 22.1. The Kier molecular flexibility index (Phi) is 5.68. The Bertz CT molecular complexity index is 1020. The van der Waals surface area contributed by atoms with Crippen LogP contribution in [-0.2, 0) is 33.9 Å². The topological polar surface area (TPSA) is 69.7 Å². The molecule has 2 fully saturated rings. The highest BCUT2D eigenvalue weighted by atomic mass is 16.2. The van der Waals surface area contributed by atoms with Gasteiger partial charge in [-0.15, -0.1) is 0 Å². The molecule has 2 unspecified atom stereocenters. The molecule has 5 rings (SSSR count). The fourth-order valence-electron chi connectivity index (χ4n) is 5.44. The fraction of sp³-hybridized carbons (Fsp3) is 0.423. The molecule has 2 aromatic carbocycles. The molecule has 2 aliphatic heterocycles. The first-order chi connectivity index (χ1) is 15.6. The van der Waals surface area contributed by atoms with E-state index in [1.165, 1.54) is 0 Å². The van der Waals surface area contributed by atoms with Crippen LogP contribution in [0.15, 0.2) is 54.6 Å². The third-order valence-electron chi connectivity index (χ3n) is 7.10. The molecule has 1 saturated heterocycles. The van der Waals surface area contributed by atoms with Crippen LogP contribution in [0.5, 0.6) is 0 Å². The zero-order valence-electron chi connectivity index (χ0n) is 18.2. The molecule has 0 aromatic heterocycles. The SMILES string of the molecule is O=C(NC1CCCC1)C1C2Cc3ccccc3CN2C(=O)CC(=O)N1Cc1ccccc1. The number of hydrogen-bond acceptors (Lipinski definition) is 3. The van der Waals surface area contributed by atoms with Crippen molar-refractivity contribution in [2.45, 2.75) is 69.7 Å². The Balaban J connectivity index is 1.53. The van der Waals surface area contributed by atoms with Gasteiger partial charge in [0.05, 0.1) is 6.04 Å². The van der Waals surface area contributed by atoms with Crippen LogP contribution in [0.25, 0.3) is 0 Å². The molecule has 0 bridgehead atoms. The van der Waals surface area contributed by atoms with Crippen LogP contribution in [0.1, 0.15) is 48.8 Å². The van der Waals surface area contributed by atoms with Crippen molar-refractivity contribution in [3.63, 3.8) is 0 Å². The van der Waals surface area contributed by atoms with Crippen LogP contribution in [-0.4, -0.2) is 45.6 Å². The van der Waals surface area contributed by atoms with Gasteiger partial charge in [0.1, 0.15) is 12.5 Å². The second-order valence-electron chi connectivity index (χ2n) is 9.18. The predicted molar refractivity (Wildman–Crippen MR) is 120 cm³/mol. The Hall–Kier alpha value is -3.15. The number of carbonyl (C=O) groups excluding carboxylic acids is 3. The molecule has 1 saturated carbocycles. The molecular weight excluding hydrogens is 402 g/mol. The van der Waals surface area contributed by atoms with Crippen LogP contribution in [0.3, 0.4) is 0 Å². The fourth-order valence-corrected chi connectivity index (χ4v) is 5.44. The van der Waals surface area contributed by atoms with Crippen LogP contribution in [0.2, 0.25) is 0 Å². The van der Waals surface area contributed by atoms with Gasteiger partial charge in [-0.05, 0) is 36.0 Å². The predicted octanol–water partition coefficient (Wildman–Crippen LogP) is 2.80. The molecule has 3 amide bonds. The number of hydrogen-bond donors (Lipinski definition) is 1. The molecular formula is C26H29N3O3. The van der Waals surface area contributed by atoms with Crippen molar-refractivity contribution in [3.05, 3.63) is 71.3 Å². The summed E-state index contributed by atoms with van der Waals surface area (Å²) in [6.07, 6.45) is 4.55. The summed E-state index contributed by atoms with van der Waals surface area (Å²) in [5.41, 5.74) is 3.20. The van der Waals surface area contributed by atoms with Crippen molar-refractivity contribution in [1.82, 2.24) is 15.1 Å². The lowest BCUT2D eigenvalue weighted by Crippen LogP contribution is -2.60. The Labute approximate surface area is 188 Å². The van der Waals surface area contributed by atoms with E-state index >= 15 is 0 Å². The summed E-state index contributed by atoms with van der Waals surface area (Å²) in [6, 6.07) is 16.8. The van der Waals surface area contributed by atoms with Crippen LogP contribution in [0.4, 0.5) is 0 Å². The summed E-state index contributed by atoms with van der Waals surface area (Å²) in [7, 11) is 0. The lowest BCUT2D eigenvalue weighted by atomic mass is 9.89. The number of nitrogens with one attached hydrogen (secondary N) is 1. The maximum Gasteiger partial charge on any atom is 0.245 e. The molecule has 0 spiro atoms. The molecule has 2 aromatic rings. The smallest absolute Gasteiger partial charge is 0.245 e. The van der Waals surface area contributed by atoms with E-state index < -0.39 is 6.04 Å². The molecule has 6 heteroatoms. The monoisotopic (exact) mass is 431 g/mol. The lowest BCUT2D eigenvalue weighted by molar-refractivity contribution is -0.142. The summed E-state index contributed by atoms with van der Waals surface area (Å²) in [4.78, 5) is 43.5. The molecule has 166 valence electrons. The summed E-state index contributed by atoms with van der Waals surface area (Å²) in [6.45, 7) is 0.765. The summed E-state index contributed by atoms with van der Waals surface area (Å²) >= 11 is 0. The molecule has 1 aliphatic carbocycles. The van der Waals surface area contributed by atoms with Crippen molar-refractivity contribution in [3.8, 4) is 0 Å². The van der Waals surface area contributed by atoms with E-state index in [1.807, 2.05) is 48.5 Å². The van der Waals surface area contributed by atoms with Gasteiger partial charge >= 0.3 is 0 Å². The van der Waals surface area contributed by atoms with E-state index in [-0.39, 0.29) is 36.2 Å². The van der Waals surface area contributed by atoms with E-state index in [4.69, 9.17) is 0 Å². The van der Waals surface area contributed by atoms with E-state index in [0.717, 1.165) is 42.4 Å². The van der Waals surface area contributed by atoms with Crippen molar-refractivity contribution >= 4 is 17.7 Å². The van der Waals surface area contributed by atoms with Gasteiger partial charge in [0.25, 0.3) is 0 Å². The second kappa shape index (κ2) is 8.77. The number of fused-ring (bicyclic) bond motifs is 2. The average Bonchev–Trinajstić information content (AvgIpc) is 3.28. The van der Waals surface area contributed by atoms with E-state index in [2.05, 4.69) is 11.4 Å². The summed E-state index contributed by atoms with van der Waals surface area (Å²) in [5, 5.41) is 3.21. The Morgan fingerprint density at radius 2 is 1.59 bits per heavy atom.